The highest BCUT2D eigenvalue weighted by Crippen LogP contribution is 2.06. The second-order valence-electron chi connectivity index (χ2n) is 2.60. The second kappa shape index (κ2) is 6.24. The van der Waals surface area contributed by atoms with Crippen molar-refractivity contribution in [2.75, 3.05) is 0 Å². The van der Waals surface area contributed by atoms with Crippen LogP contribution in [0.4, 0.5) is 0 Å². The van der Waals surface area contributed by atoms with Gasteiger partial charge >= 0.3 is 7.12 Å². The Balaban J connectivity index is 4.22. The molecular weight excluding hydrogens is 165 g/mol. The predicted molar refractivity (Wildman–Crippen MR) is 52.6 cm³/mol. The first-order valence-corrected chi connectivity index (χ1v) is 3.89. The Morgan fingerprint density at radius 2 is 2.23 bits per heavy atom. The highest BCUT2D eigenvalue weighted by Gasteiger charge is 2.13. The minimum atomic E-state index is -1.36. The van der Waals surface area contributed by atoms with Gasteiger partial charge in [0.15, 0.2) is 0 Å². The maximum Gasteiger partial charge on any atom is 0.458 e. The highest BCUT2D eigenvalue weighted by molar-refractivity contribution is 6.43. The number of allylic oxidation sites excluding steroid dienone is 5. The standard InChI is InChI=1S/C9H12BNO2/c1-3-9(7-11)6-4-5-8(2)10(12)13/h3-6,8,12-13H,1H2,2H3/b5-4-,9-6+. The van der Waals surface area contributed by atoms with Crippen molar-refractivity contribution in [3.8, 4) is 6.07 Å². The molecule has 4 heteroatoms. The summed E-state index contributed by atoms with van der Waals surface area (Å²) in [6.07, 6.45) is 6.20. The molecule has 0 aromatic rings. The van der Waals surface area contributed by atoms with Crippen LogP contribution in [0.5, 0.6) is 0 Å². The van der Waals surface area contributed by atoms with E-state index in [0.29, 0.717) is 5.57 Å². The van der Waals surface area contributed by atoms with E-state index in [1.807, 2.05) is 6.07 Å². The normalized spacial score (nSPS) is 13.8. The van der Waals surface area contributed by atoms with Gasteiger partial charge in [-0.05, 0) is 6.08 Å². The van der Waals surface area contributed by atoms with Gasteiger partial charge in [0.2, 0.25) is 0 Å². The van der Waals surface area contributed by atoms with Gasteiger partial charge < -0.3 is 10.0 Å². The lowest BCUT2D eigenvalue weighted by Crippen LogP contribution is -2.15. The van der Waals surface area contributed by atoms with E-state index >= 15 is 0 Å². The van der Waals surface area contributed by atoms with Crippen molar-refractivity contribution in [2.45, 2.75) is 12.7 Å². The minimum Gasteiger partial charge on any atom is -0.427 e. The molecule has 0 saturated carbocycles. The van der Waals surface area contributed by atoms with Crippen molar-refractivity contribution in [3.63, 3.8) is 0 Å². The van der Waals surface area contributed by atoms with Crippen molar-refractivity contribution < 1.29 is 10.0 Å². The zero-order valence-corrected chi connectivity index (χ0v) is 7.51. The number of hydrogen-bond acceptors (Lipinski definition) is 3. The molecule has 0 aromatic carbocycles. The first kappa shape index (κ1) is 11.7. The molecule has 0 aliphatic heterocycles. The van der Waals surface area contributed by atoms with Crippen LogP contribution in [-0.4, -0.2) is 17.2 Å². The third-order valence-corrected chi connectivity index (χ3v) is 1.51. The average Bonchev–Trinajstić information content (AvgIpc) is 2.12. The summed E-state index contributed by atoms with van der Waals surface area (Å²) >= 11 is 0. The molecule has 0 amide bonds. The Kier molecular flexibility index (Phi) is 5.61. The van der Waals surface area contributed by atoms with Crippen molar-refractivity contribution >= 4 is 7.12 Å². The molecule has 0 saturated heterocycles. The van der Waals surface area contributed by atoms with E-state index < -0.39 is 7.12 Å². The maximum absolute atomic E-state index is 8.70. The van der Waals surface area contributed by atoms with E-state index in [-0.39, 0.29) is 5.82 Å². The average molecular weight is 177 g/mol. The second-order valence-corrected chi connectivity index (χ2v) is 2.60. The van der Waals surface area contributed by atoms with E-state index in [9.17, 15) is 0 Å². The van der Waals surface area contributed by atoms with Gasteiger partial charge in [-0.2, -0.15) is 5.26 Å². The summed E-state index contributed by atoms with van der Waals surface area (Å²) < 4.78 is 0. The highest BCUT2D eigenvalue weighted by atomic mass is 16.4. The molecule has 2 N–H and O–H groups in total. The number of nitrogens with zero attached hydrogens (tertiary/aromatic N) is 1. The van der Waals surface area contributed by atoms with Crippen LogP contribution < -0.4 is 0 Å². The zero-order valence-electron chi connectivity index (χ0n) is 7.51. The SMILES string of the molecule is C=C/C(C#N)=C\C=C/C(C)B(O)O. The lowest BCUT2D eigenvalue weighted by atomic mass is 9.74. The number of rotatable bonds is 4. The van der Waals surface area contributed by atoms with Gasteiger partial charge in [0.05, 0.1) is 11.6 Å². The summed E-state index contributed by atoms with van der Waals surface area (Å²) in [5.74, 6) is -0.346. The molecule has 0 spiro atoms. The van der Waals surface area contributed by atoms with E-state index in [0.717, 1.165) is 0 Å². The molecule has 1 atom stereocenters. The topological polar surface area (TPSA) is 64.2 Å². The van der Waals surface area contributed by atoms with Crippen LogP contribution in [0.25, 0.3) is 0 Å². The molecule has 1 unspecified atom stereocenters. The van der Waals surface area contributed by atoms with Crippen LogP contribution in [0.2, 0.25) is 5.82 Å². The monoisotopic (exact) mass is 177 g/mol. The van der Waals surface area contributed by atoms with Gasteiger partial charge in [0, 0.05) is 5.82 Å². The van der Waals surface area contributed by atoms with Crippen LogP contribution in [-0.2, 0) is 0 Å². The fraction of sp³-hybridized carbons (Fsp3) is 0.222. The molecule has 0 aromatic heterocycles. The van der Waals surface area contributed by atoms with Gasteiger partial charge in [0.25, 0.3) is 0 Å². The fourth-order valence-electron chi connectivity index (χ4n) is 0.585. The third-order valence-electron chi connectivity index (χ3n) is 1.51. The van der Waals surface area contributed by atoms with Crippen LogP contribution in [0, 0.1) is 11.3 Å². The molecule has 3 nitrogen and oxygen atoms in total. The Morgan fingerprint density at radius 1 is 1.62 bits per heavy atom. The van der Waals surface area contributed by atoms with Gasteiger partial charge in [-0.1, -0.05) is 31.7 Å². The maximum atomic E-state index is 8.70. The molecule has 0 radical (unpaired) electrons. The zero-order chi connectivity index (χ0) is 10.3. The smallest absolute Gasteiger partial charge is 0.427 e. The Morgan fingerprint density at radius 3 is 2.62 bits per heavy atom. The van der Waals surface area contributed by atoms with Gasteiger partial charge in [-0.3, -0.25) is 0 Å². The minimum absolute atomic E-state index is 0.346. The summed E-state index contributed by atoms with van der Waals surface area (Å²) in [6.45, 7) is 5.10. The molecule has 0 fully saturated rings. The number of hydrogen-bond donors (Lipinski definition) is 2. The van der Waals surface area contributed by atoms with E-state index in [4.69, 9.17) is 15.3 Å². The van der Waals surface area contributed by atoms with Gasteiger partial charge in [-0.25, -0.2) is 0 Å². The Bertz CT molecular complexity index is 263. The summed E-state index contributed by atoms with van der Waals surface area (Å²) in [6, 6.07) is 1.92. The van der Waals surface area contributed by atoms with E-state index in [2.05, 4.69) is 6.58 Å². The quantitative estimate of drug-likeness (QED) is 0.383. The predicted octanol–water partition coefficient (Wildman–Crippen LogP) is 1.04. The lowest BCUT2D eigenvalue weighted by molar-refractivity contribution is 0.398. The van der Waals surface area contributed by atoms with Crippen LogP contribution >= 0.6 is 0 Å². The van der Waals surface area contributed by atoms with E-state index in [1.54, 1.807) is 25.2 Å². The van der Waals surface area contributed by atoms with Gasteiger partial charge in [0.1, 0.15) is 0 Å². The lowest BCUT2D eigenvalue weighted by Gasteiger charge is -2.00. The van der Waals surface area contributed by atoms with Crippen LogP contribution in [0.15, 0.2) is 36.5 Å². The molecular formula is C9H12BNO2. The fourth-order valence-corrected chi connectivity index (χ4v) is 0.585. The largest absolute Gasteiger partial charge is 0.458 e. The van der Waals surface area contributed by atoms with Crippen molar-refractivity contribution in [2.24, 2.45) is 0 Å². The van der Waals surface area contributed by atoms with Gasteiger partial charge in [-0.15, -0.1) is 0 Å². The molecule has 0 rings (SSSR count). The molecule has 0 aliphatic carbocycles. The number of nitriles is 1. The first-order valence-electron chi connectivity index (χ1n) is 3.89. The molecule has 68 valence electrons. The summed E-state index contributed by atoms with van der Waals surface area (Å²) in [5, 5.41) is 25.9. The first-order chi connectivity index (χ1) is 6.11. The Hall–Kier alpha value is -1.31. The van der Waals surface area contributed by atoms with Crippen molar-refractivity contribution in [1.29, 1.82) is 5.26 Å². The van der Waals surface area contributed by atoms with E-state index in [1.165, 1.54) is 6.08 Å². The van der Waals surface area contributed by atoms with Crippen molar-refractivity contribution in [1.82, 2.24) is 0 Å². The summed E-state index contributed by atoms with van der Waals surface area (Å²) in [7, 11) is -1.36. The van der Waals surface area contributed by atoms with Crippen molar-refractivity contribution in [3.05, 3.63) is 36.5 Å². The summed E-state index contributed by atoms with van der Waals surface area (Å²) in [4.78, 5) is 0. The molecule has 0 heterocycles. The summed E-state index contributed by atoms with van der Waals surface area (Å²) in [5.41, 5.74) is 0.441. The van der Waals surface area contributed by atoms with Crippen LogP contribution in [0.3, 0.4) is 0 Å². The molecule has 13 heavy (non-hydrogen) atoms. The molecule has 0 aliphatic rings. The van der Waals surface area contributed by atoms with Crippen LogP contribution in [0.1, 0.15) is 6.92 Å². The Labute approximate surface area is 78.5 Å². The third kappa shape index (κ3) is 5.02. The molecule has 0 bridgehead atoms.